The van der Waals surface area contributed by atoms with Gasteiger partial charge in [0, 0.05) is 31.4 Å². The van der Waals surface area contributed by atoms with Crippen LogP contribution < -0.4 is 10.1 Å². The van der Waals surface area contributed by atoms with E-state index in [1.807, 2.05) is 43.0 Å². The van der Waals surface area contributed by atoms with Crippen LogP contribution in [0.25, 0.3) is 0 Å². The van der Waals surface area contributed by atoms with Crippen molar-refractivity contribution in [2.24, 2.45) is 0 Å². The quantitative estimate of drug-likeness (QED) is 0.295. The third-order valence-corrected chi connectivity index (χ3v) is 7.91. The summed E-state index contributed by atoms with van der Waals surface area (Å²) in [5.74, 6) is -0.0680. The molecule has 2 N–H and O–H groups in total. The number of hydrogen-bond donors (Lipinski definition) is 2. The molecule has 2 aliphatic rings. The number of carbonyl (C=O) groups excluding carboxylic acids is 3. The molecule has 0 radical (unpaired) electrons. The van der Waals surface area contributed by atoms with Gasteiger partial charge in [-0.25, -0.2) is 14.4 Å². The minimum absolute atomic E-state index is 0.0289. The number of aliphatic hydroxyl groups is 1. The van der Waals surface area contributed by atoms with E-state index < -0.39 is 24.3 Å². The van der Waals surface area contributed by atoms with Crippen molar-refractivity contribution in [1.82, 2.24) is 9.80 Å². The van der Waals surface area contributed by atoms with Crippen molar-refractivity contribution in [3.05, 3.63) is 58.7 Å². The average molecular weight is 582 g/mol. The Morgan fingerprint density at radius 2 is 1.76 bits per heavy atom. The topological polar surface area (TPSA) is 118 Å². The van der Waals surface area contributed by atoms with E-state index >= 15 is 0 Å². The predicted molar refractivity (Wildman–Crippen MR) is 159 cm³/mol. The summed E-state index contributed by atoms with van der Waals surface area (Å²) in [6.45, 7) is 9.48. The third-order valence-electron chi connectivity index (χ3n) is 7.91. The first kappa shape index (κ1) is 31.2. The van der Waals surface area contributed by atoms with E-state index in [-0.39, 0.29) is 18.7 Å². The van der Waals surface area contributed by atoms with E-state index in [1.165, 1.54) is 4.90 Å². The molecule has 228 valence electrons. The fourth-order valence-corrected chi connectivity index (χ4v) is 5.62. The van der Waals surface area contributed by atoms with Gasteiger partial charge in [-0.15, -0.1) is 0 Å². The molecule has 4 rings (SSSR count). The molecule has 10 heteroatoms. The molecule has 2 aromatic carbocycles. The molecule has 0 saturated carbocycles. The first-order chi connectivity index (χ1) is 20.2. The van der Waals surface area contributed by atoms with E-state index in [2.05, 4.69) is 12.2 Å². The number of urea groups is 1. The van der Waals surface area contributed by atoms with Crippen LogP contribution in [0.4, 0.5) is 15.3 Å². The summed E-state index contributed by atoms with van der Waals surface area (Å²) in [6, 6.07) is 11.1. The molecule has 0 bridgehead atoms. The third kappa shape index (κ3) is 7.34. The van der Waals surface area contributed by atoms with Crippen molar-refractivity contribution < 1.29 is 33.7 Å². The number of aliphatic hydroxyl groups excluding tert-OH is 1. The number of rotatable bonds is 10. The zero-order valence-electron chi connectivity index (χ0n) is 25.1. The zero-order valence-corrected chi connectivity index (χ0v) is 25.1. The number of nitrogens with zero attached hydrogens (tertiary/aromatic N) is 2. The summed E-state index contributed by atoms with van der Waals surface area (Å²) in [4.78, 5) is 42.4. The van der Waals surface area contributed by atoms with Crippen LogP contribution in [-0.4, -0.2) is 78.0 Å². The number of esters is 1. The van der Waals surface area contributed by atoms with Crippen molar-refractivity contribution >= 4 is 23.8 Å². The van der Waals surface area contributed by atoms with Gasteiger partial charge in [0.2, 0.25) is 6.10 Å². The molecular weight excluding hydrogens is 538 g/mol. The van der Waals surface area contributed by atoms with E-state index in [0.29, 0.717) is 44.6 Å². The Labute approximate surface area is 247 Å². The van der Waals surface area contributed by atoms with Gasteiger partial charge in [-0.05, 0) is 86.9 Å². The molecular formula is C32H43N3O7. The molecule has 1 saturated heterocycles. The van der Waals surface area contributed by atoms with Crippen molar-refractivity contribution in [3.8, 4) is 5.75 Å². The van der Waals surface area contributed by atoms with Gasteiger partial charge in [-0.3, -0.25) is 0 Å². The van der Waals surface area contributed by atoms with Crippen LogP contribution in [0.1, 0.15) is 67.9 Å². The standard InChI is InChI=1S/C32H43N3O7/c1-5-7-18-41-28-21(3)19-24(20-22(28)4)27(36)29(30(37)40-6-2)42-32(39)34-15-13-25(14-16-34)35-17-12-23-10-8-9-11-26(23)33-31(35)38/h8-11,19-20,25,27,29,36H,5-7,12-18H2,1-4H3,(H,33,38)/t27-,29?/m1/s1. The number of nitrogens with one attached hydrogen (secondary N) is 1. The number of likely N-dealkylation sites (tertiary alicyclic amines) is 1. The molecule has 0 spiro atoms. The van der Waals surface area contributed by atoms with E-state index in [0.717, 1.165) is 47.4 Å². The van der Waals surface area contributed by atoms with E-state index in [4.69, 9.17) is 14.2 Å². The maximum atomic E-state index is 13.2. The molecule has 2 atom stereocenters. The number of ether oxygens (including phenoxy) is 3. The van der Waals surface area contributed by atoms with Crippen LogP contribution >= 0.6 is 0 Å². The fourth-order valence-electron chi connectivity index (χ4n) is 5.62. The van der Waals surface area contributed by atoms with Gasteiger partial charge >= 0.3 is 18.1 Å². The summed E-state index contributed by atoms with van der Waals surface area (Å²) in [5.41, 5.74) is 4.00. The first-order valence-electron chi connectivity index (χ1n) is 14.9. The first-order valence-corrected chi connectivity index (χ1v) is 14.9. The number of benzene rings is 2. The van der Waals surface area contributed by atoms with Gasteiger partial charge < -0.3 is 34.4 Å². The molecule has 42 heavy (non-hydrogen) atoms. The lowest BCUT2D eigenvalue weighted by Gasteiger charge is -2.38. The zero-order chi connectivity index (χ0) is 30.2. The summed E-state index contributed by atoms with van der Waals surface area (Å²) < 4.78 is 16.7. The monoisotopic (exact) mass is 581 g/mol. The molecule has 2 aromatic rings. The maximum absolute atomic E-state index is 13.2. The molecule has 2 heterocycles. The van der Waals surface area contributed by atoms with Crippen LogP contribution in [-0.2, 0) is 20.7 Å². The number of anilines is 1. The van der Waals surface area contributed by atoms with Crippen LogP contribution in [0.5, 0.6) is 5.75 Å². The lowest BCUT2D eigenvalue weighted by molar-refractivity contribution is -0.160. The number of aryl methyl sites for hydroxylation is 2. The molecule has 0 aromatic heterocycles. The number of amides is 3. The maximum Gasteiger partial charge on any atom is 0.410 e. The van der Waals surface area contributed by atoms with E-state index in [9.17, 15) is 19.5 Å². The molecule has 2 aliphatic heterocycles. The highest BCUT2D eigenvalue weighted by molar-refractivity contribution is 5.91. The number of hydrogen-bond acceptors (Lipinski definition) is 7. The van der Waals surface area contributed by atoms with Gasteiger partial charge in [0.15, 0.2) is 0 Å². The Morgan fingerprint density at radius 1 is 1.07 bits per heavy atom. The molecule has 3 amide bonds. The number of fused-ring (bicyclic) bond motifs is 1. The van der Waals surface area contributed by atoms with Gasteiger partial charge in [0.1, 0.15) is 11.9 Å². The predicted octanol–water partition coefficient (Wildman–Crippen LogP) is 5.14. The lowest BCUT2D eigenvalue weighted by Crippen LogP contribution is -2.51. The van der Waals surface area contributed by atoms with Crippen molar-refractivity contribution in [2.75, 3.05) is 38.2 Å². The SMILES string of the molecule is CCCCOc1c(C)cc([C@@H](O)C(OC(=O)N2CCC(N3CCc4ccccc4NC3=O)CC2)C(=O)OCC)cc1C. The van der Waals surface area contributed by atoms with Crippen LogP contribution in [0.2, 0.25) is 0 Å². The highest BCUT2D eigenvalue weighted by atomic mass is 16.6. The number of unbranched alkanes of at least 4 members (excludes halogenated alkanes) is 1. The van der Waals surface area contributed by atoms with E-state index in [1.54, 1.807) is 19.1 Å². The molecule has 10 nitrogen and oxygen atoms in total. The number of carbonyl (C=O) groups is 3. The smallest absolute Gasteiger partial charge is 0.410 e. The highest BCUT2D eigenvalue weighted by Gasteiger charge is 2.37. The largest absolute Gasteiger partial charge is 0.493 e. The van der Waals surface area contributed by atoms with Gasteiger partial charge in [-0.1, -0.05) is 31.5 Å². The molecule has 1 unspecified atom stereocenters. The van der Waals surface area contributed by atoms with Crippen molar-refractivity contribution in [2.45, 2.75) is 78.0 Å². The summed E-state index contributed by atoms with van der Waals surface area (Å²) in [6.07, 6.45) is 0.188. The molecule has 0 aliphatic carbocycles. The fraction of sp³-hybridized carbons (Fsp3) is 0.531. The molecule has 1 fully saturated rings. The summed E-state index contributed by atoms with van der Waals surface area (Å²) in [5, 5.41) is 14.2. The average Bonchev–Trinajstić information content (AvgIpc) is 3.15. The highest BCUT2D eigenvalue weighted by Crippen LogP contribution is 2.31. The lowest BCUT2D eigenvalue weighted by atomic mass is 9.98. The van der Waals surface area contributed by atoms with Gasteiger partial charge in [-0.2, -0.15) is 0 Å². The second-order valence-corrected chi connectivity index (χ2v) is 10.9. The Hall–Kier alpha value is -3.79. The van der Waals surface area contributed by atoms with Gasteiger partial charge in [0.05, 0.1) is 13.2 Å². The second-order valence-electron chi connectivity index (χ2n) is 10.9. The normalized spacial score (nSPS) is 17.0. The van der Waals surface area contributed by atoms with Crippen molar-refractivity contribution in [1.29, 1.82) is 0 Å². The Kier molecular flexibility index (Phi) is 10.7. The van der Waals surface area contributed by atoms with Crippen LogP contribution in [0.15, 0.2) is 36.4 Å². The Morgan fingerprint density at radius 3 is 2.43 bits per heavy atom. The van der Waals surface area contributed by atoms with Gasteiger partial charge in [0.25, 0.3) is 0 Å². The summed E-state index contributed by atoms with van der Waals surface area (Å²) >= 11 is 0. The van der Waals surface area contributed by atoms with Crippen LogP contribution in [0.3, 0.4) is 0 Å². The van der Waals surface area contributed by atoms with Crippen molar-refractivity contribution in [3.63, 3.8) is 0 Å². The summed E-state index contributed by atoms with van der Waals surface area (Å²) in [7, 11) is 0. The second kappa shape index (κ2) is 14.4. The number of piperidine rings is 1. The Balaban J connectivity index is 1.39. The number of para-hydroxylation sites is 1. The minimum Gasteiger partial charge on any atom is -0.493 e. The minimum atomic E-state index is -1.53. The Bertz CT molecular complexity index is 1240. The van der Waals surface area contributed by atoms with Crippen LogP contribution in [0, 0.1) is 13.8 Å².